The average molecular weight is 282 g/mol. The van der Waals surface area contributed by atoms with Gasteiger partial charge in [0.25, 0.3) is 0 Å². The lowest BCUT2D eigenvalue weighted by molar-refractivity contribution is -0.113. The third-order valence-electron chi connectivity index (χ3n) is 3.79. The molecule has 2 atom stereocenters. The number of hydrogen-bond donors (Lipinski definition) is 0. The van der Waals surface area contributed by atoms with Crippen LogP contribution in [0.3, 0.4) is 0 Å². The maximum Gasteiger partial charge on any atom is 0.192 e. The van der Waals surface area contributed by atoms with Crippen LogP contribution in [0.1, 0.15) is 17.5 Å². The van der Waals surface area contributed by atoms with Crippen LogP contribution in [-0.4, -0.2) is 10.4 Å². The van der Waals surface area contributed by atoms with Crippen molar-refractivity contribution in [3.8, 4) is 0 Å². The van der Waals surface area contributed by atoms with E-state index in [9.17, 15) is 4.79 Å². The van der Waals surface area contributed by atoms with Crippen molar-refractivity contribution < 1.29 is 4.79 Å². The largest absolute Gasteiger partial charge is 0.287 e. The monoisotopic (exact) mass is 282 g/mol. The summed E-state index contributed by atoms with van der Waals surface area (Å²) in [5, 5.41) is 0.813. The van der Waals surface area contributed by atoms with Crippen LogP contribution in [0, 0.1) is 5.92 Å². The Morgan fingerprint density at radius 2 is 1.40 bits per heavy atom. The van der Waals surface area contributed by atoms with E-state index in [1.807, 2.05) is 24.3 Å². The molecule has 1 nitrogen and oxygen atoms in total. The molecule has 20 heavy (non-hydrogen) atoms. The topological polar surface area (TPSA) is 17.1 Å². The molecule has 2 aromatic carbocycles. The van der Waals surface area contributed by atoms with Crippen molar-refractivity contribution in [3.63, 3.8) is 0 Å². The molecule has 0 radical (unpaired) electrons. The van der Waals surface area contributed by atoms with Crippen molar-refractivity contribution in [1.82, 2.24) is 0 Å². The molecule has 0 saturated carbocycles. The molecule has 0 spiro atoms. The van der Waals surface area contributed by atoms with Crippen molar-refractivity contribution in [3.05, 3.63) is 71.8 Å². The lowest BCUT2D eigenvalue weighted by atomic mass is 9.94. The molecule has 1 aliphatic rings. The summed E-state index contributed by atoms with van der Waals surface area (Å²) in [5.41, 5.74) is 2.60. The van der Waals surface area contributed by atoms with Crippen LogP contribution in [0.25, 0.3) is 0 Å². The van der Waals surface area contributed by atoms with E-state index in [0.717, 1.165) is 19.3 Å². The second-order valence-corrected chi connectivity index (χ2v) is 6.68. The first kappa shape index (κ1) is 13.4. The molecule has 2 aromatic rings. The van der Waals surface area contributed by atoms with Crippen molar-refractivity contribution in [2.45, 2.75) is 24.5 Å². The lowest BCUT2D eigenvalue weighted by Gasteiger charge is -2.09. The summed E-state index contributed by atoms with van der Waals surface area (Å²) >= 11 is 1.55. The second-order valence-electron chi connectivity index (χ2n) is 5.37. The van der Waals surface area contributed by atoms with E-state index in [1.165, 1.54) is 11.1 Å². The molecule has 0 aliphatic carbocycles. The van der Waals surface area contributed by atoms with Crippen molar-refractivity contribution in [2.75, 3.05) is 0 Å². The third-order valence-corrected chi connectivity index (χ3v) is 5.05. The molecule has 0 amide bonds. The molecule has 0 unspecified atom stereocenters. The quantitative estimate of drug-likeness (QED) is 0.839. The Bertz CT molecular complexity index is 564. The SMILES string of the molecule is O=C1S[C@@H](Cc2ccccc2)C[C@H]1Cc1ccccc1. The fraction of sp³-hybridized carbons (Fsp3) is 0.278. The Morgan fingerprint density at radius 3 is 2.00 bits per heavy atom. The second kappa shape index (κ2) is 6.27. The summed E-state index contributed by atoms with van der Waals surface area (Å²) in [4.78, 5) is 12.1. The maximum atomic E-state index is 12.1. The standard InChI is InChI=1S/C18H18OS/c19-18-16(11-14-7-3-1-4-8-14)13-17(20-18)12-15-9-5-2-6-10-15/h1-10,16-17H,11-13H2/t16-,17+/m1/s1. The van der Waals surface area contributed by atoms with E-state index in [1.54, 1.807) is 11.8 Å². The summed E-state index contributed by atoms with van der Waals surface area (Å²) < 4.78 is 0. The molecule has 0 bridgehead atoms. The van der Waals surface area contributed by atoms with Gasteiger partial charge in [-0.15, -0.1) is 0 Å². The Kier molecular flexibility index (Phi) is 4.22. The van der Waals surface area contributed by atoms with Gasteiger partial charge in [-0.25, -0.2) is 0 Å². The van der Waals surface area contributed by atoms with E-state index in [-0.39, 0.29) is 5.92 Å². The number of hydrogen-bond acceptors (Lipinski definition) is 2. The van der Waals surface area contributed by atoms with Crippen LogP contribution in [0.4, 0.5) is 0 Å². The van der Waals surface area contributed by atoms with Gasteiger partial charge in [-0.2, -0.15) is 0 Å². The van der Waals surface area contributed by atoms with Crippen LogP contribution >= 0.6 is 11.8 Å². The Labute approximate surface area is 124 Å². The van der Waals surface area contributed by atoms with Crippen LogP contribution in [0.2, 0.25) is 0 Å². The van der Waals surface area contributed by atoms with Crippen LogP contribution < -0.4 is 0 Å². The summed E-state index contributed by atoms with van der Waals surface area (Å²) in [6.45, 7) is 0. The zero-order valence-corrected chi connectivity index (χ0v) is 12.2. The highest BCUT2D eigenvalue weighted by molar-refractivity contribution is 8.14. The van der Waals surface area contributed by atoms with Gasteiger partial charge in [0.05, 0.1) is 0 Å². The van der Waals surface area contributed by atoms with Gasteiger partial charge < -0.3 is 0 Å². The number of carbonyl (C=O) groups excluding carboxylic acids is 1. The van der Waals surface area contributed by atoms with Crippen molar-refractivity contribution in [2.24, 2.45) is 5.92 Å². The van der Waals surface area contributed by atoms with Gasteiger partial charge >= 0.3 is 0 Å². The Balaban J connectivity index is 1.61. The number of carbonyl (C=O) groups is 1. The smallest absolute Gasteiger partial charge is 0.192 e. The molecule has 0 aromatic heterocycles. The van der Waals surface area contributed by atoms with E-state index in [4.69, 9.17) is 0 Å². The van der Waals surface area contributed by atoms with Crippen LogP contribution in [0.15, 0.2) is 60.7 Å². The fourth-order valence-corrected chi connectivity index (χ4v) is 4.09. The minimum absolute atomic E-state index is 0.191. The first-order valence-electron chi connectivity index (χ1n) is 7.09. The Morgan fingerprint density at radius 1 is 0.850 bits per heavy atom. The summed E-state index contributed by atoms with van der Waals surface area (Å²) in [6.07, 6.45) is 2.90. The zero-order chi connectivity index (χ0) is 13.8. The minimum Gasteiger partial charge on any atom is -0.287 e. The highest BCUT2D eigenvalue weighted by Gasteiger charge is 2.33. The first-order chi connectivity index (χ1) is 9.81. The van der Waals surface area contributed by atoms with E-state index >= 15 is 0 Å². The van der Waals surface area contributed by atoms with Gasteiger partial charge in [0.15, 0.2) is 5.12 Å². The molecule has 1 fully saturated rings. The highest BCUT2D eigenvalue weighted by atomic mass is 32.2. The normalized spacial score (nSPS) is 22.1. The average Bonchev–Trinajstić information content (AvgIpc) is 2.81. The molecule has 1 saturated heterocycles. The predicted octanol–water partition coefficient (Wildman–Crippen LogP) is 4.12. The molecule has 1 aliphatic heterocycles. The molecule has 0 N–H and O–H groups in total. The summed E-state index contributed by atoms with van der Waals surface area (Å²) in [5.74, 6) is 0.191. The van der Waals surface area contributed by atoms with Crippen molar-refractivity contribution >= 4 is 16.9 Å². The minimum atomic E-state index is 0.191. The highest BCUT2D eigenvalue weighted by Crippen LogP contribution is 2.36. The van der Waals surface area contributed by atoms with Gasteiger partial charge in [-0.05, 0) is 30.4 Å². The van der Waals surface area contributed by atoms with Crippen molar-refractivity contribution in [1.29, 1.82) is 0 Å². The number of rotatable bonds is 4. The van der Waals surface area contributed by atoms with Gasteiger partial charge in [0, 0.05) is 11.2 Å². The molecule has 1 heterocycles. The fourth-order valence-electron chi connectivity index (χ4n) is 2.79. The van der Waals surface area contributed by atoms with E-state index < -0.39 is 0 Å². The molecular weight excluding hydrogens is 264 g/mol. The lowest BCUT2D eigenvalue weighted by Crippen LogP contribution is -2.09. The van der Waals surface area contributed by atoms with E-state index in [0.29, 0.717) is 10.4 Å². The predicted molar refractivity (Wildman–Crippen MR) is 84.8 cm³/mol. The van der Waals surface area contributed by atoms with Gasteiger partial charge in [0.1, 0.15) is 0 Å². The molecule has 3 rings (SSSR count). The summed E-state index contributed by atoms with van der Waals surface area (Å²) in [6, 6.07) is 20.8. The van der Waals surface area contributed by atoms with Gasteiger partial charge in [0.2, 0.25) is 0 Å². The van der Waals surface area contributed by atoms with Crippen LogP contribution in [0.5, 0.6) is 0 Å². The molecule has 2 heteroatoms. The van der Waals surface area contributed by atoms with Gasteiger partial charge in [-0.3, -0.25) is 4.79 Å². The number of thioether (sulfide) groups is 1. The molecule has 102 valence electrons. The molecular formula is C18H18OS. The zero-order valence-electron chi connectivity index (χ0n) is 11.4. The maximum absolute atomic E-state index is 12.1. The Hall–Kier alpha value is -1.54. The first-order valence-corrected chi connectivity index (χ1v) is 7.97. The number of benzene rings is 2. The van der Waals surface area contributed by atoms with Gasteiger partial charge in [-0.1, -0.05) is 72.4 Å². The third kappa shape index (κ3) is 3.31. The van der Waals surface area contributed by atoms with Crippen LogP contribution in [-0.2, 0) is 17.6 Å². The van der Waals surface area contributed by atoms with E-state index in [2.05, 4.69) is 36.4 Å². The summed E-state index contributed by atoms with van der Waals surface area (Å²) in [7, 11) is 0.